The van der Waals surface area contributed by atoms with E-state index in [1.165, 1.54) is 16.4 Å². The summed E-state index contributed by atoms with van der Waals surface area (Å²) >= 11 is 0. The van der Waals surface area contributed by atoms with E-state index < -0.39 is 16.0 Å². The number of piperidine rings is 1. The number of rotatable bonds is 7. The number of hydrogen-bond acceptors (Lipinski definition) is 4. The summed E-state index contributed by atoms with van der Waals surface area (Å²) in [7, 11) is -3.23. The first-order valence-corrected chi connectivity index (χ1v) is 10.1. The number of unbranched alkanes of at least 4 members (excludes halogenated alkanes) is 1. The summed E-state index contributed by atoms with van der Waals surface area (Å²) < 4.78 is 25.8. The summed E-state index contributed by atoms with van der Waals surface area (Å²) in [5, 5.41) is 11.7. The number of anilines is 1. The molecule has 0 spiro atoms. The summed E-state index contributed by atoms with van der Waals surface area (Å²) in [5.41, 5.74) is 0.539. The molecule has 7 nitrogen and oxygen atoms in total. The van der Waals surface area contributed by atoms with Gasteiger partial charge in [0.25, 0.3) is 0 Å². The summed E-state index contributed by atoms with van der Waals surface area (Å²) in [6.07, 6.45) is 2.40. The number of carbonyl (C=O) groups excluding carboxylic acids is 1. The maximum atomic E-state index is 12.4. The smallest absolute Gasteiger partial charge is 0.335 e. The van der Waals surface area contributed by atoms with E-state index in [2.05, 4.69) is 5.32 Å². The Bertz CT molecular complexity index is 724. The van der Waals surface area contributed by atoms with Gasteiger partial charge < -0.3 is 10.4 Å². The fourth-order valence-corrected chi connectivity index (χ4v) is 4.51. The molecule has 1 fully saturated rings. The van der Waals surface area contributed by atoms with E-state index in [1.807, 2.05) is 6.92 Å². The topological polar surface area (TPSA) is 104 Å². The molecule has 0 bridgehead atoms. The van der Waals surface area contributed by atoms with Crippen LogP contribution in [0.25, 0.3) is 0 Å². The van der Waals surface area contributed by atoms with Gasteiger partial charge >= 0.3 is 5.97 Å². The van der Waals surface area contributed by atoms with Crippen molar-refractivity contribution in [1.82, 2.24) is 4.31 Å². The first kappa shape index (κ1) is 19.4. The highest BCUT2D eigenvalue weighted by Gasteiger charge is 2.30. The van der Waals surface area contributed by atoms with Crippen molar-refractivity contribution in [1.29, 1.82) is 0 Å². The minimum Gasteiger partial charge on any atom is -0.478 e. The van der Waals surface area contributed by atoms with Gasteiger partial charge in [0.2, 0.25) is 15.9 Å². The molecule has 1 aliphatic rings. The lowest BCUT2D eigenvalue weighted by Crippen LogP contribution is -2.42. The number of sulfonamides is 1. The van der Waals surface area contributed by atoms with E-state index in [0.29, 0.717) is 38.0 Å². The molecule has 0 atom stereocenters. The third-order valence-corrected chi connectivity index (χ3v) is 6.31. The second-order valence-corrected chi connectivity index (χ2v) is 8.31. The molecular formula is C17H24N2O5S. The number of nitrogens with zero attached hydrogens (tertiary/aromatic N) is 1. The van der Waals surface area contributed by atoms with Crippen molar-refractivity contribution in [3.8, 4) is 0 Å². The Hall–Kier alpha value is -1.93. The number of hydrogen-bond donors (Lipinski definition) is 2. The first-order valence-electron chi connectivity index (χ1n) is 8.45. The van der Waals surface area contributed by atoms with E-state index in [4.69, 9.17) is 5.11 Å². The van der Waals surface area contributed by atoms with Crippen molar-refractivity contribution in [2.45, 2.75) is 32.6 Å². The third kappa shape index (κ3) is 5.27. The zero-order valence-electron chi connectivity index (χ0n) is 14.3. The molecule has 0 aliphatic carbocycles. The fourth-order valence-electron chi connectivity index (χ4n) is 2.83. The molecule has 8 heteroatoms. The molecule has 2 rings (SSSR count). The predicted octanol–water partition coefficient (Wildman–Crippen LogP) is 2.17. The van der Waals surface area contributed by atoms with Crippen LogP contribution in [0.2, 0.25) is 0 Å². The van der Waals surface area contributed by atoms with Gasteiger partial charge in [-0.3, -0.25) is 4.79 Å². The molecule has 1 aliphatic heterocycles. The van der Waals surface area contributed by atoms with Gasteiger partial charge in [-0.25, -0.2) is 17.5 Å². The highest BCUT2D eigenvalue weighted by atomic mass is 32.2. The van der Waals surface area contributed by atoms with Gasteiger partial charge in [-0.05, 0) is 37.5 Å². The van der Waals surface area contributed by atoms with Crippen LogP contribution in [-0.2, 0) is 14.8 Å². The van der Waals surface area contributed by atoms with Gasteiger partial charge in [0, 0.05) is 24.7 Å². The van der Waals surface area contributed by atoms with Crippen LogP contribution in [-0.4, -0.2) is 48.5 Å². The number of aromatic carboxylic acids is 1. The van der Waals surface area contributed by atoms with Gasteiger partial charge in [0.05, 0.1) is 11.3 Å². The Kier molecular flexibility index (Phi) is 6.55. The zero-order chi connectivity index (χ0) is 18.4. The lowest BCUT2D eigenvalue weighted by atomic mass is 9.97. The zero-order valence-corrected chi connectivity index (χ0v) is 15.1. The van der Waals surface area contributed by atoms with Crippen LogP contribution in [0.4, 0.5) is 5.69 Å². The van der Waals surface area contributed by atoms with Crippen LogP contribution in [0.3, 0.4) is 0 Å². The van der Waals surface area contributed by atoms with Crippen molar-refractivity contribution in [3.63, 3.8) is 0 Å². The van der Waals surface area contributed by atoms with Crippen LogP contribution in [0.5, 0.6) is 0 Å². The largest absolute Gasteiger partial charge is 0.478 e. The van der Waals surface area contributed by atoms with Crippen LogP contribution >= 0.6 is 0 Å². The number of benzene rings is 1. The van der Waals surface area contributed by atoms with E-state index in [0.717, 1.165) is 6.42 Å². The van der Waals surface area contributed by atoms with Crippen LogP contribution < -0.4 is 5.32 Å². The standard InChI is InChI=1S/C17H24N2O5S/c1-2-3-11-25(23,24)19-9-7-13(8-10-19)16(20)18-15-6-4-5-14(12-15)17(21)22/h4-6,12-13H,2-3,7-11H2,1H3,(H,18,20)(H,21,22). The SMILES string of the molecule is CCCCS(=O)(=O)N1CCC(C(=O)Nc2cccc(C(=O)O)c2)CC1. The molecule has 1 amide bonds. The summed E-state index contributed by atoms with van der Waals surface area (Å²) in [6.45, 7) is 2.64. The molecule has 25 heavy (non-hydrogen) atoms. The van der Waals surface area contributed by atoms with Gasteiger partial charge in [-0.15, -0.1) is 0 Å². The number of amides is 1. The molecule has 1 aromatic carbocycles. The van der Waals surface area contributed by atoms with Crippen molar-refractivity contribution in [2.75, 3.05) is 24.2 Å². The number of carboxylic acids is 1. The summed E-state index contributed by atoms with van der Waals surface area (Å²) in [5.74, 6) is -1.37. The van der Waals surface area contributed by atoms with Crippen molar-refractivity contribution >= 4 is 27.6 Å². The maximum absolute atomic E-state index is 12.4. The average molecular weight is 368 g/mol. The Morgan fingerprint density at radius 2 is 1.96 bits per heavy atom. The van der Waals surface area contributed by atoms with Crippen molar-refractivity contribution in [2.24, 2.45) is 5.92 Å². The van der Waals surface area contributed by atoms with Crippen molar-refractivity contribution in [3.05, 3.63) is 29.8 Å². The molecule has 1 heterocycles. The Labute approximate surface area is 148 Å². The Morgan fingerprint density at radius 3 is 2.56 bits per heavy atom. The molecular weight excluding hydrogens is 344 g/mol. The molecule has 1 saturated heterocycles. The van der Waals surface area contributed by atoms with Gasteiger partial charge in [-0.1, -0.05) is 19.4 Å². The van der Waals surface area contributed by atoms with Crippen molar-refractivity contribution < 1.29 is 23.1 Å². The van der Waals surface area contributed by atoms with Crippen LogP contribution in [0, 0.1) is 5.92 Å². The van der Waals surface area contributed by atoms with Gasteiger partial charge in [-0.2, -0.15) is 0 Å². The number of nitrogens with one attached hydrogen (secondary N) is 1. The quantitative estimate of drug-likeness (QED) is 0.767. The minimum atomic E-state index is -3.23. The molecule has 2 N–H and O–H groups in total. The Balaban J connectivity index is 1.91. The highest BCUT2D eigenvalue weighted by Crippen LogP contribution is 2.22. The van der Waals surface area contributed by atoms with Crippen LogP contribution in [0.15, 0.2) is 24.3 Å². The van der Waals surface area contributed by atoms with Crippen LogP contribution in [0.1, 0.15) is 43.0 Å². The molecule has 0 aromatic heterocycles. The van der Waals surface area contributed by atoms with E-state index in [9.17, 15) is 18.0 Å². The predicted molar refractivity (Wildman–Crippen MR) is 95.0 cm³/mol. The molecule has 1 aromatic rings. The van der Waals surface area contributed by atoms with E-state index in [-0.39, 0.29) is 23.1 Å². The maximum Gasteiger partial charge on any atom is 0.335 e. The highest BCUT2D eigenvalue weighted by molar-refractivity contribution is 7.89. The number of carboxylic acid groups (broad SMARTS) is 1. The lowest BCUT2D eigenvalue weighted by Gasteiger charge is -2.30. The lowest BCUT2D eigenvalue weighted by molar-refractivity contribution is -0.120. The van der Waals surface area contributed by atoms with Gasteiger partial charge in [0.15, 0.2) is 0 Å². The first-order chi connectivity index (χ1) is 11.8. The Morgan fingerprint density at radius 1 is 1.28 bits per heavy atom. The van der Waals surface area contributed by atoms with E-state index in [1.54, 1.807) is 12.1 Å². The number of carbonyl (C=O) groups is 2. The summed E-state index contributed by atoms with van der Waals surface area (Å²) in [6, 6.07) is 6.07. The molecule has 0 unspecified atom stereocenters. The normalized spacial score (nSPS) is 16.5. The fraction of sp³-hybridized carbons (Fsp3) is 0.529. The molecule has 0 radical (unpaired) electrons. The summed E-state index contributed by atoms with van der Waals surface area (Å²) in [4.78, 5) is 23.3. The van der Waals surface area contributed by atoms with E-state index >= 15 is 0 Å². The molecule has 0 saturated carbocycles. The second-order valence-electron chi connectivity index (χ2n) is 6.22. The third-order valence-electron chi connectivity index (χ3n) is 4.35. The molecule has 138 valence electrons. The average Bonchev–Trinajstić information content (AvgIpc) is 2.60. The minimum absolute atomic E-state index is 0.106. The van der Waals surface area contributed by atoms with Gasteiger partial charge in [0.1, 0.15) is 0 Å². The second kappa shape index (κ2) is 8.44. The monoisotopic (exact) mass is 368 g/mol.